The molecule has 1 heterocycles. The van der Waals surface area contributed by atoms with Crippen molar-refractivity contribution in [2.24, 2.45) is 11.8 Å². The molecule has 2 unspecified atom stereocenters. The molecule has 12 heavy (non-hydrogen) atoms. The minimum Gasteiger partial charge on any atom is -0.381 e. The van der Waals surface area contributed by atoms with E-state index in [1.54, 1.807) is 0 Å². The lowest BCUT2D eigenvalue weighted by Gasteiger charge is -2.27. The maximum Gasteiger partial charge on any atom is 0.0468 e. The Balaban J connectivity index is 1.83. The highest BCUT2D eigenvalue weighted by atomic mass is 35.5. The van der Waals surface area contributed by atoms with Gasteiger partial charge in [0.05, 0.1) is 0 Å². The summed E-state index contributed by atoms with van der Waals surface area (Å²) < 4.78 is 5.35. The molecule has 1 aliphatic carbocycles. The first-order valence-corrected chi connectivity index (χ1v) is 5.51. The fraction of sp³-hybridized carbons (Fsp3) is 1.00. The summed E-state index contributed by atoms with van der Waals surface area (Å²) in [7, 11) is 0. The van der Waals surface area contributed by atoms with Gasteiger partial charge in [-0.15, -0.1) is 11.6 Å². The maximum atomic E-state index is 6.09. The summed E-state index contributed by atoms with van der Waals surface area (Å²) >= 11 is 6.09. The fourth-order valence-electron chi connectivity index (χ4n) is 2.57. The Morgan fingerprint density at radius 3 is 2.25 bits per heavy atom. The molecular weight excluding hydrogens is 172 g/mol. The smallest absolute Gasteiger partial charge is 0.0468 e. The second-order valence-electron chi connectivity index (χ2n) is 4.12. The van der Waals surface area contributed by atoms with Crippen molar-refractivity contribution in [1.29, 1.82) is 0 Å². The van der Waals surface area contributed by atoms with Gasteiger partial charge in [-0.25, -0.2) is 0 Å². The van der Waals surface area contributed by atoms with Crippen LogP contribution in [0.25, 0.3) is 0 Å². The van der Waals surface area contributed by atoms with Gasteiger partial charge < -0.3 is 4.74 Å². The van der Waals surface area contributed by atoms with E-state index in [4.69, 9.17) is 16.3 Å². The minimum absolute atomic E-state index is 0.470. The number of ether oxygens (including phenoxy) is 1. The molecule has 0 spiro atoms. The topological polar surface area (TPSA) is 9.23 Å². The van der Waals surface area contributed by atoms with Crippen molar-refractivity contribution < 1.29 is 4.74 Å². The summed E-state index contributed by atoms with van der Waals surface area (Å²) in [5.41, 5.74) is 0. The van der Waals surface area contributed by atoms with Crippen LogP contribution >= 0.6 is 11.6 Å². The van der Waals surface area contributed by atoms with E-state index >= 15 is 0 Å². The quantitative estimate of drug-likeness (QED) is 0.575. The van der Waals surface area contributed by atoms with Crippen molar-refractivity contribution in [3.63, 3.8) is 0 Å². The Bertz CT molecular complexity index is 140. The van der Waals surface area contributed by atoms with Crippen LogP contribution in [0, 0.1) is 11.8 Å². The molecule has 2 rings (SSSR count). The third-order valence-electron chi connectivity index (χ3n) is 3.34. The molecule has 0 N–H and O–H groups in total. The van der Waals surface area contributed by atoms with Crippen LogP contribution in [0.15, 0.2) is 0 Å². The molecular formula is C10H17ClO. The van der Waals surface area contributed by atoms with Gasteiger partial charge in [-0.1, -0.05) is 0 Å². The van der Waals surface area contributed by atoms with Gasteiger partial charge in [-0.3, -0.25) is 0 Å². The first-order valence-electron chi connectivity index (χ1n) is 5.08. The Kier molecular flexibility index (Phi) is 2.92. The molecule has 0 amide bonds. The van der Waals surface area contributed by atoms with Crippen molar-refractivity contribution in [3.05, 3.63) is 0 Å². The summed E-state index contributed by atoms with van der Waals surface area (Å²) in [6.07, 6.45) is 6.40. The van der Waals surface area contributed by atoms with Crippen molar-refractivity contribution >= 4 is 11.6 Å². The van der Waals surface area contributed by atoms with Gasteiger partial charge in [0.1, 0.15) is 0 Å². The Hall–Kier alpha value is 0.250. The largest absolute Gasteiger partial charge is 0.381 e. The van der Waals surface area contributed by atoms with Crippen molar-refractivity contribution in [2.75, 3.05) is 13.2 Å². The van der Waals surface area contributed by atoms with E-state index in [1.807, 2.05) is 0 Å². The van der Waals surface area contributed by atoms with Gasteiger partial charge in [0.25, 0.3) is 0 Å². The van der Waals surface area contributed by atoms with Crippen molar-refractivity contribution in [3.8, 4) is 0 Å². The number of rotatable bonds is 1. The van der Waals surface area contributed by atoms with E-state index in [2.05, 4.69) is 0 Å². The van der Waals surface area contributed by atoms with E-state index in [0.29, 0.717) is 5.38 Å². The molecule has 0 bridgehead atoms. The van der Waals surface area contributed by atoms with Gasteiger partial charge in [-0.05, 0) is 43.9 Å². The minimum atomic E-state index is 0.470. The Morgan fingerprint density at radius 1 is 0.917 bits per heavy atom. The second-order valence-corrected chi connectivity index (χ2v) is 4.74. The normalized spacial score (nSPS) is 38.8. The first kappa shape index (κ1) is 8.83. The summed E-state index contributed by atoms with van der Waals surface area (Å²) in [5.74, 6) is 1.83. The summed E-state index contributed by atoms with van der Waals surface area (Å²) in [6, 6.07) is 0. The average molecular weight is 189 g/mol. The third kappa shape index (κ3) is 1.94. The highest BCUT2D eigenvalue weighted by Crippen LogP contribution is 2.38. The van der Waals surface area contributed by atoms with E-state index in [1.165, 1.54) is 32.1 Å². The molecule has 0 radical (unpaired) electrons. The molecule has 0 aromatic carbocycles. The molecule has 70 valence electrons. The van der Waals surface area contributed by atoms with Gasteiger partial charge in [0.2, 0.25) is 0 Å². The van der Waals surface area contributed by atoms with Crippen molar-refractivity contribution in [2.45, 2.75) is 37.5 Å². The molecule has 2 heteroatoms. The lowest BCUT2D eigenvalue weighted by Crippen LogP contribution is -2.21. The van der Waals surface area contributed by atoms with Gasteiger partial charge in [0, 0.05) is 18.6 Å². The SMILES string of the molecule is ClC1CCC(C2CCOCC2)C1. The highest BCUT2D eigenvalue weighted by Gasteiger charge is 2.30. The first-order chi connectivity index (χ1) is 5.86. The van der Waals surface area contributed by atoms with Crippen LogP contribution in [0.1, 0.15) is 32.1 Å². The molecule has 0 aromatic rings. The molecule has 1 saturated heterocycles. The Labute approximate surface area is 79.4 Å². The highest BCUT2D eigenvalue weighted by molar-refractivity contribution is 6.20. The number of halogens is 1. The summed E-state index contributed by atoms with van der Waals surface area (Å²) in [6.45, 7) is 1.96. The van der Waals surface area contributed by atoms with Crippen LogP contribution in [0.4, 0.5) is 0 Å². The lowest BCUT2D eigenvalue weighted by atomic mass is 9.85. The summed E-state index contributed by atoms with van der Waals surface area (Å²) in [5, 5.41) is 0.470. The summed E-state index contributed by atoms with van der Waals surface area (Å²) in [4.78, 5) is 0. The predicted molar refractivity (Wildman–Crippen MR) is 50.5 cm³/mol. The lowest BCUT2D eigenvalue weighted by molar-refractivity contribution is 0.0477. The second kappa shape index (κ2) is 3.97. The van der Waals surface area contributed by atoms with Gasteiger partial charge in [0.15, 0.2) is 0 Å². The average Bonchev–Trinajstić information content (AvgIpc) is 2.54. The molecule has 1 aliphatic heterocycles. The Morgan fingerprint density at radius 2 is 1.67 bits per heavy atom. The van der Waals surface area contributed by atoms with Gasteiger partial charge >= 0.3 is 0 Å². The third-order valence-corrected chi connectivity index (χ3v) is 3.74. The molecule has 2 atom stereocenters. The zero-order chi connectivity index (χ0) is 8.39. The zero-order valence-corrected chi connectivity index (χ0v) is 8.22. The van der Waals surface area contributed by atoms with E-state index in [-0.39, 0.29) is 0 Å². The van der Waals surface area contributed by atoms with Crippen molar-refractivity contribution in [1.82, 2.24) is 0 Å². The van der Waals surface area contributed by atoms with E-state index in [0.717, 1.165) is 25.0 Å². The van der Waals surface area contributed by atoms with Crippen LogP contribution < -0.4 is 0 Å². The zero-order valence-electron chi connectivity index (χ0n) is 7.47. The van der Waals surface area contributed by atoms with Crippen LogP contribution in [0.2, 0.25) is 0 Å². The van der Waals surface area contributed by atoms with Gasteiger partial charge in [-0.2, -0.15) is 0 Å². The number of alkyl halides is 1. The molecule has 2 fully saturated rings. The predicted octanol–water partition coefficient (Wildman–Crippen LogP) is 2.82. The van der Waals surface area contributed by atoms with Crippen LogP contribution in [-0.2, 0) is 4.74 Å². The van der Waals surface area contributed by atoms with Crippen LogP contribution in [0.5, 0.6) is 0 Å². The van der Waals surface area contributed by atoms with E-state index < -0.39 is 0 Å². The number of hydrogen-bond donors (Lipinski definition) is 0. The monoisotopic (exact) mass is 188 g/mol. The van der Waals surface area contributed by atoms with Crippen LogP contribution in [0.3, 0.4) is 0 Å². The molecule has 1 saturated carbocycles. The number of hydrogen-bond acceptors (Lipinski definition) is 1. The molecule has 2 aliphatic rings. The maximum absolute atomic E-state index is 6.09. The molecule has 0 aromatic heterocycles. The standard InChI is InChI=1S/C10H17ClO/c11-10-2-1-9(7-10)8-3-5-12-6-4-8/h8-10H,1-7H2. The van der Waals surface area contributed by atoms with Crippen LogP contribution in [-0.4, -0.2) is 18.6 Å². The fourth-order valence-corrected chi connectivity index (χ4v) is 2.93. The van der Waals surface area contributed by atoms with E-state index in [9.17, 15) is 0 Å². The molecule has 1 nitrogen and oxygen atoms in total.